The average Bonchev–Trinajstić information content (AvgIpc) is 3.12. The smallest absolute Gasteiger partial charge is 0.224 e. The van der Waals surface area contributed by atoms with Gasteiger partial charge in [-0.05, 0) is 40.7 Å². The first-order valence-corrected chi connectivity index (χ1v) is 10.4. The quantitative estimate of drug-likeness (QED) is 0.395. The van der Waals surface area contributed by atoms with Crippen LogP contribution in [0.3, 0.4) is 0 Å². The second-order valence-electron chi connectivity index (χ2n) is 8.09. The number of hydrogen-bond donors (Lipinski definition) is 3. The number of aromatic amines is 1. The fourth-order valence-corrected chi connectivity index (χ4v) is 4.72. The molecule has 6 heteroatoms. The second kappa shape index (κ2) is 6.69. The van der Waals surface area contributed by atoms with E-state index in [1.165, 1.54) is 33.5 Å². The highest BCUT2D eigenvalue weighted by Gasteiger charge is 2.23. The molecule has 6 rings (SSSR count). The van der Waals surface area contributed by atoms with Gasteiger partial charge in [-0.15, -0.1) is 0 Å². The van der Waals surface area contributed by atoms with Gasteiger partial charge in [0.25, 0.3) is 0 Å². The molecular weight excluding hydrogens is 372 g/mol. The Kier molecular flexibility index (Phi) is 3.84. The summed E-state index contributed by atoms with van der Waals surface area (Å²) in [4.78, 5) is 12.4. The van der Waals surface area contributed by atoms with Crippen molar-refractivity contribution >= 4 is 28.5 Å². The molecule has 148 valence electrons. The largest absolute Gasteiger partial charge is 0.368 e. The third-order valence-corrected chi connectivity index (χ3v) is 6.23. The lowest BCUT2D eigenvalue weighted by Crippen LogP contribution is -2.15. The van der Waals surface area contributed by atoms with Gasteiger partial charge in [0.2, 0.25) is 5.95 Å². The fraction of sp³-hybridized carbons (Fsp3) is 0.208. The Morgan fingerprint density at radius 2 is 1.53 bits per heavy atom. The zero-order valence-corrected chi connectivity index (χ0v) is 16.6. The number of hydrogen-bond acceptors (Lipinski definition) is 5. The zero-order valence-electron chi connectivity index (χ0n) is 16.6. The number of nitrogens with two attached hydrogens (primary N) is 1. The molecule has 0 saturated heterocycles. The van der Waals surface area contributed by atoms with Crippen LogP contribution in [0.4, 0.5) is 11.8 Å². The molecule has 6 nitrogen and oxygen atoms in total. The number of nitrogens with zero attached hydrogens (tertiary/aromatic N) is 3. The molecular formula is C24H22N6. The van der Waals surface area contributed by atoms with Crippen LogP contribution in [0.2, 0.25) is 0 Å². The molecule has 0 unspecified atom stereocenters. The van der Waals surface area contributed by atoms with Crippen molar-refractivity contribution in [1.82, 2.24) is 15.0 Å². The van der Waals surface area contributed by atoms with Gasteiger partial charge in [0.15, 0.2) is 5.82 Å². The number of rotatable bonds is 2. The van der Waals surface area contributed by atoms with E-state index in [0.29, 0.717) is 5.82 Å². The maximum atomic E-state index is 6.01. The Labute approximate surface area is 174 Å². The summed E-state index contributed by atoms with van der Waals surface area (Å²) >= 11 is 0. The summed E-state index contributed by atoms with van der Waals surface area (Å²) < 4.78 is 0. The van der Waals surface area contributed by atoms with Crippen molar-refractivity contribution in [3.63, 3.8) is 0 Å². The highest BCUT2D eigenvalue weighted by atomic mass is 15.3. The van der Waals surface area contributed by atoms with Gasteiger partial charge >= 0.3 is 0 Å². The number of aryl methyl sites for hydroxylation is 1. The van der Waals surface area contributed by atoms with E-state index in [1.807, 2.05) is 0 Å². The average molecular weight is 394 g/mol. The lowest BCUT2D eigenvalue weighted by atomic mass is 9.89. The van der Waals surface area contributed by atoms with Gasteiger partial charge < -0.3 is 10.7 Å². The van der Waals surface area contributed by atoms with Crippen LogP contribution in [0.15, 0.2) is 53.6 Å². The molecule has 2 aromatic carbocycles. The summed E-state index contributed by atoms with van der Waals surface area (Å²) in [5.74, 6) is 0.927. The van der Waals surface area contributed by atoms with Gasteiger partial charge in [-0.1, -0.05) is 48.5 Å². The Morgan fingerprint density at radius 1 is 0.833 bits per heavy atom. The lowest BCUT2D eigenvalue weighted by Gasteiger charge is -2.18. The van der Waals surface area contributed by atoms with Gasteiger partial charge in [-0.25, -0.2) is 0 Å². The first kappa shape index (κ1) is 17.2. The van der Waals surface area contributed by atoms with Crippen LogP contribution in [0.5, 0.6) is 0 Å². The lowest BCUT2D eigenvalue weighted by molar-refractivity contribution is 0.940. The van der Waals surface area contributed by atoms with Crippen molar-refractivity contribution < 1.29 is 0 Å². The first-order valence-electron chi connectivity index (χ1n) is 10.4. The summed E-state index contributed by atoms with van der Waals surface area (Å²) in [6.07, 6.45) is 4.57. The molecule has 2 aliphatic carbocycles. The van der Waals surface area contributed by atoms with Gasteiger partial charge in [-0.3, -0.25) is 5.43 Å². The van der Waals surface area contributed by atoms with Gasteiger partial charge in [-0.2, -0.15) is 15.1 Å². The molecule has 0 amide bonds. The standard InChI is InChI=1S/C24H22N6/c25-24-27-22-21(19-12-16-7-3-4-8-17(16)13-20(19)26-22)23(28-24)30-29-18-10-9-14-5-1-2-6-15(14)11-18/h1-8H,9-13H2,(H4,25,26,27,28,30)/b29-18+. The van der Waals surface area contributed by atoms with E-state index in [2.05, 4.69) is 68.9 Å². The van der Waals surface area contributed by atoms with Crippen LogP contribution >= 0.6 is 0 Å². The topological polar surface area (TPSA) is 92.0 Å². The van der Waals surface area contributed by atoms with Gasteiger partial charge in [0.05, 0.1) is 5.39 Å². The Balaban J connectivity index is 1.37. The predicted octanol–water partition coefficient (Wildman–Crippen LogP) is 3.99. The van der Waals surface area contributed by atoms with Crippen molar-refractivity contribution in [3.05, 3.63) is 82.0 Å². The van der Waals surface area contributed by atoms with Crippen LogP contribution < -0.4 is 11.2 Å². The minimum atomic E-state index is 0.246. The molecule has 0 spiro atoms. The van der Waals surface area contributed by atoms with E-state index in [0.717, 1.165) is 48.8 Å². The first-order chi connectivity index (χ1) is 14.7. The maximum Gasteiger partial charge on any atom is 0.224 e. The minimum absolute atomic E-state index is 0.246. The molecule has 0 radical (unpaired) electrons. The molecule has 2 aromatic heterocycles. The van der Waals surface area contributed by atoms with E-state index in [9.17, 15) is 0 Å². The molecule has 2 heterocycles. The molecule has 2 aliphatic rings. The predicted molar refractivity (Wildman–Crippen MR) is 120 cm³/mol. The van der Waals surface area contributed by atoms with Crippen LogP contribution in [0, 0.1) is 0 Å². The van der Waals surface area contributed by atoms with E-state index >= 15 is 0 Å². The number of anilines is 2. The summed E-state index contributed by atoms with van der Waals surface area (Å²) in [7, 11) is 0. The minimum Gasteiger partial charge on any atom is -0.368 e. The molecule has 0 atom stereocenters. The zero-order chi connectivity index (χ0) is 20.1. The van der Waals surface area contributed by atoms with E-state index in [4.69, 9.17) is 10.8 Å². The molecule has 0 saturated carbocycles. The van der Waals surface area contributed by atoms with E-state index in [1.54, 1.807) is 0 Å². The molecule has 30 heavy (non-hydrogen) atoms. The van der Waals surface area contributed by atoms with Crippen LogP contribution in [0.25, 0.3) is 11.0 Å². The third kappa shape index (κ3) is 2.84. The number of nitrogen functional groups attached to an aromatic ring is 1. The number of fused-ring (bicyclic) bond motifs is 5. The third-order valence-electron chi connectivity index (χ3n) is 6.23. The van der Waals surface area contributed by atoms with Crippen molar-refractivity contribution in [1.29, 1.82) is 0 Å². The summed E-state index contributed by atoms with van der Waals surface area (Å²) in [6.45, 7) is 0. The molecule has 4 N–H and O–H groups in total. The maximum absolute atomic E-state index is 6.01. The Hall–Kier alpha value is -3.67. The van der Waals surface area contributed by atoms with Crippen molar-refractivity contribution in [2.24, 2.45) is 5.10 Å². The van der Waals surface area contributed by atoms with Gasteiger partial charge in [0, 0.05) is 30.7 Å². The Bertz CT molecular complexity index is 1320. The highest BCUT2D eigenvalue weighted by Crippen LogP contribution is 2.35. The number of nitrogens with one attached hydrogen (secondary N) is 2. The summed E-state index contributed by atoms with van der Waals surface area (Å²) in [5, 5.41) is 5.72. The monoisotopic (exact) mass is 394 g/mol. The SMILES string of the molecule is Nc1nc(N/N=C2\CCc3ccccc3C2)c2c3c([nH]c2n1)Cc1ccccc1C3. The van der Waals surface area contributed by atoms with Crippen LogP contribution in [0.1, 0.15) is 39.9 Å². The van der Waals surface area contributed by atoms with Crippen LogP contribution in [-0.4, -0.2) is 20.7 Å². The summed E-state index contributed by atoms with van der Waals surface area (Å²) in [5.41, 5.74) is 19.0. The molecule has 0 fully saturated rings. The van der Waals surface area contributed by atoms with Crippen molar-refractivity contribution in [2.75, 3.05) is 11.2 Å². The number of H-pyrrole nitrogens is 1. The Morgan fingerprint density at radius 3 is 2.33 bits per heavy atom. The number of benzene rings is 2. The molecule has 0 aliphatic heterocycles. The van der Waals surface area contributed by atoms with Gasteiger partial charge in [0.1, 0.15) is 5.65 Å². The normalized spacial score (nSPS) is 16.2. The van der Waals surface area contributed by atoms with E-state index in [-0.39, 0.29) is 5.95 Å². The fourth-order valence-electron chi connectivity index (χ4n) is 4.72. The van der Waals surface area contributed by atoms with Crippen molar-refractivity contribution in [3.8, 4) is 0 Å². The van der Waals surface area contributed by atoms with Crippen molar-refractivity contribution in [2.45, 2.75) is 32.1 Å². The summed E-state index contributed by atoms with van der Waals surface area (Å²) in [6, 6.07) is 17.2. The molecule has 0 bridgehead atoms. The highest BCUT2D eigenvalue weighted by molar-refractivity contribution is 5.94. The second-order valence-corrected chi connectivity index (χ2v) is 8.09. The molecule has 4 aromatic rings. The van der Waals surface area contributed by atoms with E-state index < -0.39 is 0 Å². The number of aromatic nitrogens is 3. The van der Waals surface area contributed by atoms with Crippen LogP contribution in [-0.2, 0) is 25.7 Å². The number of hydrazone groups is 1.